The summed E-state index contributed by atoms with van der Waals surface area (Å²) in [6.45, 7) is 4.58. The lowest BCUT2D eigenvalue weighted by atomic mass is 10.1. The molecule has 6 heteroatoms. The highest BCUT2D eigenvalue weighted by Crippen LogP contribution is 2.17. The summed E-state index contributed by atoms with van der Waals surface area (Å²) in [6, 6.07) is -0.0897. The molecule has 0 bridgehead atoms. The molecule has 0 saturated carbocycles. The Morgan fingerprint density at radius 3 is 2.64 bits per heavy atom. The van der Waals surface area contributed by atoms with Gasteiger partial charge in [0.15, 0.2) is 0 Å². The van der Waals surface area contributed by atoms with Gasteiger partial charge in [0.25, 0.3) is 10.2 Å². The zero-order valence-electron chi connectivity index (χ0n) is 8.60. The topological polar surface area (TPSA) is 69.6 Å². The Bertz CT molecular complexity index is 276. The molecule has 84 valence electrons. The van der Waals surface area contributed by atoms with Crippen LogP contribution in [0.1, 0.15) is 20.3 Å². The van der Waals surface area contributed by atoms with Crippen LogP contribution >= 0.6 is 0 Å². The van der Waals surface area contributed by atoms with Crippen LogP contribution in [-0.2, 0) is 10.2 Å². The van der Waals surface area contributed by atoms with Crippen LogP contribution in [-0.4, -0.2) is 43.6 Å². The average molecular weight is 222 g/mol. The lowest BCUT2D eigenvalue weighted by molar-refractivity contribution is 0.233. The molecule has 1 saturated heterocycles. The molecule has 1 unspecified atom stereocenters. The van der Waals surface area contributed by atoms with E-state index in [1.807, 2.05) is 0 Å². The highest BCUT2D eigenvalue weighted by Gasteiger charge is 2.30. The summed E-state index contributed by atoms with van der Waals surface area (Å²) in [5, 5.41) is 8.89. The largest absolute Gasteiger partial charge is 0.396 e. The van der Waals surface area contributed by atoms with Gasteiger partial charge in [0.2, 0.25) is 0 Å². The molecule has 1 heterocycles. The fourth-order valence-corrected chi connectivity index (χ4v) is 3.03. The fourth-order valence-electron chi connectivity index (χ4n) is 1.54. The Labute approximate surface area is 85.3 Å². The van der Waals surface area contributed by atoms with Gasteiger partial charge in [-0.2, -0.15) is 17.4 Å². The van der Waals surface area contributed by atoms with Gasteiger partial charge in [-0.15, -0.1) is 0 Å². The smallest absolute Gasteiger partial charge is 0.279 e. The predicted molar refractivity (Wildman–Crippen MR) is 54.0 cm³/mol. The first-order valence-electron chi connectivity index (χ1n) is 4.84. The number of nitrogens with zero attached hydrogens (tertiary/aromatic N) is 1. The van der Waals surface area contributed by atoms with Gasteiger partial charge in [-0.25, -0.2) is 0 Å². The van der Waals surface area contributed by atoms with E-state index in [-0.39, 0.29) is 18.6 Å². The normalized spacial score (nSPS) is 24.7. The van der Waals surface area contributed by atoms with Crippen molar-refractivity contribution in [2.75, 3.05) is 19.7 Å². The van der Waals surface area contributed by atoms with E-state index in [0.717, 1.165) is 6.42 Å². The zero-order valence-corrected chi connectivity index (χ0v) is 9.42. The lowest BCUT2D eigenvalue weighted by Gasteiger charge is -2.18. The Balaban J connectivity index is 2.57. The molecule has 14 heavy (non-hydrogen) atoms. The molecule has 0 radical (unpaired) electrons. The van der Waals surface area contributed by atoms with Crippen LogP contribution in [0.2, 0.25) is 0 Å². The van der Waals surface area contributed by atoms with Gasteiger partial charge in [-0.1, -0.05) is 0 Å². The Morgan fingerprint density at radius 1 is 1.57 bits per heavy atom. The van der Waals surface area contributed by atoms with E-state index >= 15 is 0 Å². The van der Waals surface area contributed by atoms with Gasteiger partial charge in [0.1, 0.15) is 0 Å². The van der Waals surface area contributed by atoms with Gasteiger partial charge >= 0.3 is 0 Å². The number of hydrogen-bond acceptors (Lipinski definition) is 3. The maximum Gasteiger partial charge on any atom is 0.279 e. The Kier molecular flexibility index (Phi) is 3.88. The molecule has 1 atom stereocenters. The number of rotatable bonds is 4. The van der Waals surface area contributed by atoms with Gasteiger partial charge in [0.05, 0.1) is 0 Å². The molecular formula is C8H18N2O3S. The van der Waals surface area contributed by atoms with Crippen LogP contribution in [0, 0.1) is 5.92 Å². The van der Waals surface area contributed by atoms with Crippen LogP contribution in [0.15, 0.2) is 0 Å². The molecule has 1 rings (SSSR count). The van der Waals surface area contributed by atoms with E-state index in [2.05, 4.69) is 4.72 Å². The molecule has 0 aromatic carbocycles. The molecule has 0 aromatic heterocycles. The molecule has 0 aliphatic carbocycles. The zero-order chi connectivity index (χ0) is 10.8. The van der Waals surface area contributed by atoms with E-state index < -0.39 is 10.2 Å². The summed E-state index contributed by atoms with van der Waals surface area (Å²) >= 11 is 0. The summed E-state index contributed by atoms with van der Waals surface area (Å²) in [5.74, 6) is 0.0961. The quantitative estimate of drug-likeness (QED) is 0.676. The maximum absolute atomic E-state index is 11.6. The van der Waals surface area contributed by atoms with E-state index in [4.69, 9.17) is 5.11 Å². The number of nitrogens with one attached hydrogen (secondary N) is 1. The SMILES string of the molecule is CC(C)NS(=O)(=O)N1CCC(CO)C1. The highest BCUT2D eigenvalue weighted by molar-refractivity contribution is 7.87. The van der Waals surface area contributed by atoms with Gasteiger partial charge in [-0.05, 0) is 26.2 Å². The molecule has 1 fully saturated rings. The van der Waals surface area contributed by atoms with Crippen molar-refractivity contribution in [3.05, 3.63) is 0 Å². The fraction of sp³-hybridized carbons (Fsp3) is 1.00. The maximum atomic E-state index is 11.6. The Hall–Kier alpha value is -0.170. The van der Waals surface area contributed by atoms with Crippen molar-refractivity contribution >= 4 is 10.2 Å². The van der Waals surface area contributed by atoms with Gasteiger partial charge in [0, 0.05) is 25.7 Å². The predicted octanol–water partition coefficient (Wildman–Crippen LogP) is -0.457. The minimum absolute atomic E-state index is 0.0632. The number of hydrogen-bond donors (Lipinski definition) is 2. The van der Waals surface area contributed by atoms with Crippen molar-refractivity contribution in [3.63, 3.8) is 0 Å². The van der Waals surface area contributed by atoms with Crippen molar-refractivity contribution in [2.24, 2.45) is 5.92 Å². The third-order valence-corrected chi connectivity index (χ3v) is 4.01. The molecule has 1 aliphatic rings. The number of aliphatic hydroxyl groups excluding tert-OH is 1. The second kappa shape index (κ2) is 4.57. The number of aliphatic hydroxyl groups is 1. The molecule has 1 aliphatic heterocycles. The van der Waals surface area contributed by atoms with Crippen LogP contribution in [0.5, 0.6) is 0 Å². The van der Waals surface area contributed by atoms with Crippen molar-refractivity contribution in [2.45, 2.75) is 26.3 Å². The molecule has 2 N–H and O–H groups in total. The standard InChI is InChI=1S/C8H18N2O3S/c1-7(2)9-14(12,13)10-4-3-8(5-10)6-11/h7-9,11H,3-6H2,1-2H3. The first kappa shape index (κ1) is 11.9. The molecule has 0 aromatic rings. The summed E-state index contributed by atoms with van der Waals surface area (Å²) in [4.78, 5) is 0. The monoisotopic (exact) mass is 222 g/mol. The minimum Gasteiger partial charge on any atom is -0.396 e. The van der Waals surface area contributed by atoms with Crippen molar-refractivity contribution in [1.82, 2.24) is 9.03 Å². The second-order valence-electron chi connectivity index (χ2n) is 3.97. The first-order valence-corrected chi connectivity index (χ1v) is 6.28. The van der Waals surface area contributed by atoms with E-state index in [1.54, 1.807) is 13.8 Å². The third-order valence-electron chi connectivity index (χ3n) is 2.23. The first-order chi connectivity index (χ1) is 6.45. The van der Waals surface area contributed by atoms with Crippen molar-refractivity contribution in [3.8, 4) is 0 Å². The highest BCUT2D eigenvalue weighted by atomic mass is 32.2. The van der Waals surface area contributed by atoms with Crippen LogP contribution < -0.4 is 4.72 Å². The summed E-state index contributed by atoms with van der Waals surface area (Å²) in [6.07, 6.45) is 0.746. The Morgan fingerprint density at radius 2 is 2.21 bits per heavy atom. The van der Waals surface area contributed by atoms with Gasteiger partial charge in [-0.3, -0.25) is 0 Å². The molecule has 0 spiro atoms. The van der Waals surface area contributed by atoms with Crippen molar-refractivity contribution < 1.29 is 13.5 Å². The molecule has 5 nitrogen and oxygen atoms in total. The van der Waals surface area contributed by atoms with Crippen LogP contribution in [0.25, 0.3) is 0 Å². The molecular weight excluding hydrogens is 204 g/mol. The van der Waals surface area contributed by atoms with E-state index in [9.17, 15) is 8.42 Å². The summed E-state index contributed by atoms with van der Waals surface area (Å²) in [7, 11) is -3.33. The van der Waals surface area contributed by atoms with Gasteiger partial charge < -0.3 is 5.11 Å². The minimum atomic E-state index is -3.33. The average Bonchev–Trinajstić information content (AvgIpc) is 2.49. The van der Waals surface area contributed by atoms with E-state index in [0.29, 0.717) is 13.1 Å². The van der Waals surface area contributed by atoms with Crippen LogP contribution in [0.4, 0.5) is 0 Å². The molecule has 0 amide bonds. The summed E-state index contributed by atoms with van der Waals surface area (Å²) in [5.41, 5.74) is 0. The van der Waals surface area contributed by atoms with Crippen molar-refractivity contribution in [1.29, 1.82) is 0 Å². The second-order valence-corrected chi connectivity index (χ2v) is 5.68. The third kappa shape index (κ3) is 2.91. The van der Waals surface area contributed by atoms with Crippen LogP contribution in [0.3, 0.4) is 0 Å². The summed E-state index contributed by atoms with van der Waals surface area (Å²) < 4.78 is 27.2. The lowest BCUT2D eigenvalue weighted by Crippen LogP contribution is -2.42. The van der Waals surface area contributed by atoms with E-state index in [1.165, 1.54) is 4.31 Å².